The summed E-state index contributed by atoms with van der Waals surface area (Å²) in [6, 6.07) is 7.18. The molecule has 2 aromatic heterocycles. The summed E-state index contributed by atoms with van der Waals surface area (Å²) < 4.78 is 1.65. The molecule has 18 heavy (non-hydrogen) atoms. The summed E-state index contributed by atoms with van der Waals surface area (Å²) in [5, 5.41) is 17.5. The number of aromatic nitrogens is 3. The number of hydrogen-bond acceptors (Lipinski definition) is 4. The number of halogens is 1. The topological polar surface area (TPSA) is 67.5 Å². The van der Waals surface area contributed by atoms with E-state index in [2.05, 4.69) is 10.2 Å². The number of rotatable bonds is 2. The van der Waals surface area contributed by atoms with Gasteiger partial charge in [-0.05, 0) is 12.1 Å². The fraction of sp³-hybridized carbons (Fsp3) is 0. The van der Waals surface area contributed by atoms with Crippen molar-refractivity contribution in [3.05, 3.63) is 40.4 Å². The van der Waals surface area contributed by atoms with Gasteiger partial charge in [0.05, 0.1) is 0 Å². The van der Waals surface area contributed by atoms with Gasteiger partial charge >= 0.3 is 5.97 Å². The van der Waals surface area contributed by atoms with Gasteiger partial charge in [-0.3, -0.25) is 4.40 Å². The Bertz CT molecular complexity index is 750. The molecule has 5 nitrogen and oxygen atoms in total. The Morgan fingerprint density at radius 3 is 2.94 bits per heavy atom. The highest BCUT2D eigenvalue weighted by Crippen LogP contribution is 2.25. The molecule has 3 aromatic rings. The molecule has 0 radical (unpaired) electrons. The number of nitrogens with zero attached hydrogens (tertiary/aromatic N) is 3. The normalized spacial score (nSPS) is 10.9. The molecule has 0 spiro atoms. The average molecular weight is 280 g/mol. The second-order valence-corrected chi connectivity index (χ2v) is 5.03. The van der Waals surface area contributed by atoms with E-state index in [1.807, 2.05) is 12.1 Å². The maximum atomic E-state index is 10.9. The van der Waals surface area contributed by atoms with Crippen LogP contribution in [0.5, 0.6) is 0 Å². The summed E-state index contributed by atoms with van der Waals surface area (Å²) in [5.41, 5.74) is 0.796. The first-order valence-electron chi connectivity index (χ1n) is 4.99. The standard InChI is InChI=1S/C11H6ClN3O2S/c12-7-3-1-2-6(4-7)9-13-14-11-15(9)5-8(18-11)10(16)17/h1-5H,(H,16,17). The zero-order valence-electron chi connectivity index (χ0n) is 8.87. The van der Waals surface area contributed by atoms with Gasteiger partial charge < -0.3 is 5.11 Å². The van der Waals surface area contributed by atoms with Crippen molar-refractivity contribution < 1.29 is 9.90 Å². The predicted molar refractivity (Wildman–Crippen MR) is 68.3 cm³/mol. The zero-order valence-corrected chi connectivity index (χ0v) is 10.4. The number of aromatic carboxylic acids is 1. The average Bonchev–Trinajstić information content (AvgIpc) is 2.87. The van der Waals surface area contributed by atoms with E-state index in [1.54, 1.807) is 16.5 Å². The Morgan fingerprint density at radius 2 is 2.22 bits per heavy atom. The summed E-state index contributed by atoms with van der Waals surface area (Å²) in [6.07, 6.45) is 1.51. The Hall–Kier alpha value is -1.92. The summed E-state index contributed by atoms with van der Waals surface area (Å²) >= 11 is 7.00. The highest BCUT2D eigenvalue weighted by molar-refractivity contribution is 7.18. The Labute approximate surface area is 110 Å². The SMILES string of the molecule is O=C(O)c1cn2c(-c3cccc(Cl)c3)nnc2s1. The molecule has 2 heterocycles. The highest BCUT2D eigenvalue weighted by Gasteiger charge is 2.14. The minimum atomic E-state index is -0.970. The van der Waals surface area contributed by atoms with Gasteiger partial charge in [-0.25, -0.2) is 4.79 Å². The summed E-state index contributed by atoms with van der Waals surface area (Å²) in [7, 11) is 0. The van der Waals surface area contributed by atoms with Crippen LogP contribution in [0.3, 0.4) is 0 Å². The quantitative estimate of drug-likeness (QED) is 0.783. The first kappa shape index (κ1) is 11.2. The van der Waals surface area contributed by atoms with E-state index in [4.69, 9.17) is 16.7 Å². The number of carboxylic acid groups (broad SMARTS) is 1. The lowest BCUT2D eigenvalue weighted by atomic mass is 10.2. The predicted octanol–water partition coefficient (Wildman–Crippen LogP) is 2.81. The van der Waals surface area contributed by atoms with Crippen molar-refractivity contribution in [2.24, 2.45) is 0 Å². The van der Waals surface area contributed by atoms with Gasteiger partial charge in [0.1, 0.15) is 4.88 Å². The molecule has 3 rings (SSSR count). The van der Waals surface area contributed by atoms with E-state index >= 15 is 0 Å². The van der Waals surface area contributed by atoms with Crippen molar-refractivity contribution in [3.63, 3.8) is 0 Å². The van der Waals surface area contributed by atoms with Crippen LogP contribution in [0.2, 0.25) is 5.02 Å². The van der Waals surface area contributed by atoms with Crippen molar-refractivity contribution in [1.82, 2.24) is 14.6 Å². The smallest absolute Gasteiger partial charge is 0.347 e. The third-order valence-corrected chi connectivity index (χ3v) is 3.60. The van der Waals surface area contributed by atoms with Gasteiger partial charge in [0.15, 0.2) is 5.82 Å². The van der Waals surface area contributed by atoms with Gasteiger partial charge in [0.2, 0.25) is 4.96 Å². The molecule has 0 saturated heterocycles. The maximum absolute atomic E-state index is 10.9. The first-order chi connectivity index (χ1) is 8.65. The minimum Gasteiger partial charge on any atom is -0.477 e. The molecule has 0 fully saturated rings. The van der Waals surface area contributed by atoms with Crippen LogP contribution in [-0.4, -0.2) is 25.7 Å². The third-order valence-electron chi connectivity index (χ3n) is 2.41. The number of carboxylic acids is 1. The van der Waals surface area contributed by atoms with Crippen molar-refractivity contribution >= 4 is 33.9 Å². The summed E-state index contributed by atoms with van der Waals surface area (Å²) in [6.45, 7) is 0. The van der Waals surface area contributed by atoms with Crippen LogP contribution >= 0.6 is 22.9 Å². The van der Waals surface area contributed by atoms with Crippen LogP contribution in [0.15, 0.2) is 30.5 Å². The molecule has 0 unspecified atom stereocenters. The lowest BCUT2D eigenvalue weighted by Crippen LogP contribution is -1.92. The van der Waals surface area contributed by atoms with Gasteiger partial charge in [-0.2, -0.15) is 0 Å². The van der Waals surface area contributed by atoms with Crippen LogP contribution < -0.4 is 0 Å². The maximum Gasteiger partial charge on any atom is 0.347 e. The fourth-order valence-corrected chi connectivity index (χ4v) is 2.58. The van der Waals surface area contributed by atoms with Crippen molar-refractivity contribution in [2.45, 2.75) is 0 Å². The van der Waals surface area contributed by atoms with Crippen LogP contribution in [0.1, 0.15) is 9.67 Å². The van der Waals surface area contributed by atoms with Gasteiger partial charge in [-0.15, -0.1) is 10.2 Å². The number of hydrogen-bond donors (Lipinski definition) is 1. The molecule has 0 aliphatic rings. The Kier molecular flexibility index (Phi) is 2.53. The number of fused-ring (bicyclic) bond motifs is 1. The van der Waals surface area contributed by atoms with E-state index in [0.29, 0.717) is 15.8 Å². The molecule has 0 bridgehead atoms. The molecule has 0 atom stereocenters. The van der Waals surface area contributed by atoms with Crippen molar-refractivity contribution in [1.29, 1.82) is 0 Å². The number of thiazole rings is 1. The van der Waals surface area contributed by atoms with Crippen LogP contribution in [0.25, 0.3) is 16.3 Å². The summed E-state index contributed by atoms with van der Waals surface area (Å²) in [4.78, 5) is 11.7. The number of carbonyl (C=O) groups is 1. The minimum absolute atomic E-state index is 0.225. The molecule has 0 saturated carbocycles. The van der Waals surface area contributed by atoms with E-state index in [9.17, 15) is 4.79 Å². The van der Waals surface area contributed by atoms with Gasteiger partial charge in [0, 0.05) is 16.8 Å². The van der Waals surface area contributed by atoms with Crippen molar-refractivity contribution in [2.75, 3.05) is 0 Å². The lowest BCUT2D eigenvalue weighted by molar-refractivity contribution is 0.0702. The van der Waals surface area contributed by atoms with Crippen LogP contribution in [0.4, 0.5) is 0 Å². The Balaban J connectivity index is 2.20. The van der Waals surface area contributed by atoms with Crippen molar-refractivity contribution in [3.8, 4) is 11.4 Å². The molecule has 90 valence electrons. The Morgan fingerprint density at radius 1 is 1.39 bits per heavy atom. The second-order valence-electron chi connectivity index (χ2n) is 3.59. The summed E-state index contributed by atoms with van der Waals surface area (Å²) in [5.74, 6) is -0.390. The molecule has 0 aliphatic heterocycles. The van der Waals surface area contributed by atoms with Gasteiger partial charge in [0.25, 0.3) is 0 Å². The number of benzene rings is 1. The van der Waals surface area contributed by atoms with Crippen LogP contribution in [-0.2, 0) is 0 Å². The fourth-order valence-electron chi connectivity index (χ4n) is 1.63. The molecule has 0 aliphatic carbocycles. The van der Waals surface area contributed by atoms with E-state index < -0.39 is 5.97 Å². The zero-order chi connectivity index (χ0) is 12.7. The molecular weight excluding hydrogens is 274 g/mol. The second kappa shape index (κ2) is 4.08. The monoisotopic (exact) mass is 279 g/mol. The van der Waals surface area contributed by atoms with Crippen LogP contribution in [0, 0.1) is 0 Å². The van der Waals surface area contributed by atoms with E-state index in [-0.39, 0.29) is 4.88 Å². The molecule has 0 amide bonds. The highest BCUT2D eigenvalue weighted by atomic mass is 35.5. The largest absolute Gasteiger partial charge is 0.477 e. The molecule has 1 N–H and O–H groups in total. The first-order valence-corrected chi connectivity index (χ1v) is 6.18. The molecule has 1 aromatic carbocycles. The van der Waals surface area contributed by atoms with E-state index in [1.165, 1.54) is 6.20 Å². The van der Waals surface area contributed by atoms with E-state index in [0.717, 1.165) is 16.9 Å². The molecule has 7 heteroatoms. The third kappa shape index (κ3) is 1.75. The molecular formula is C11H6ClN3O2S. The lowest BCUT2D eigenvalue weighted by Gasteiger charge is -1.97. The van der Waals surface area contributed by atoms with Gasteiger partial charge in [-0.1, -0.05) is 35.1 Å².